The van der Waals surface area contributed by atoms with Gasteiger partial charge in [0.1, 0.15) is 5.75 Å². The Kier molecular flexibility index (Phi) is 7.14. The minimum Gasteiger partial charge on any atom is -0.493 e. The van der Waals surface area contributed by atoms with Gasteiger partial charge in [0.25, 0.3) is 0 Å². The Morgan fingerprint density at radius 2 is 2.23 bits per heavy atom. The van der Waals surface area contributed by atoms with E-state index in [-0.39, 0.29) is 0 Å². The average Bonchev–Trinajstić information content (AvgIpc) is 3.27. The molecular weight excluding hydrogens is 330 g/mol. The molecule has 6 heteroatoms. The minimum atomic E-state index is 0.340. The smallest absolute Gasteiger partial charge is 0.191 e. The minimum absolute atomic E-state index is 0.340. The van der Waals surface area contributed by atoms with Crippen LogP contribution < -0.4 is 15.4 Å². The molecule has 0 radical (unpaired) electrons. The molecule has 26 heavy (non-hydrogen) atoms. The Bertz CT molecular complexity index is 593. The fourth-order valence-corrected chi connectivity index (χ4v) is 3.58. The van der Waals surface area contributed by atoms with Crippen molar-refractivity contribution in [2.24, 2.45) is 4.99 Å². The van der Waals surface area contributed by atoms with Crippen LogP contribution in [0.2, 0.25) is 0 Å². The van der Waals surface area contributed by atoms with Crippen molar-refractivity contribution in [3.05, 3.63) is 29.8 Å². The van der Waals surface area contributed by atoms with Gasteiger partial charge in [-0.05, 0) is 43.9 Å². The van der Waals surface area contributed by atoms with Crippen molar-refractivity contribution in [2.75, 3.05) is 26.9 Å². The Labute approximate surface area is 156 Å². The van der Waals surface area contributed by atoms with Crippen molar-refractivity contribution in [1.29, 1.82) is 0 Å². The third kappa shape index (κ3) is 5.35. The maximum Gasteiger partial charge on any atom is 0.191 e. The van der Waals surface area contributed by atoms with Crippen LogP contribution in [0.3, 0.4) is 0 Å². The maximum absolute atomic E-state index is 5.93. The highest BCUT2D eigenvalue weighted by molar-refractivity contribution is 5.80. The van der Waals surface area contributed by atoms with E-state index in [4.69, 9.17) is 19.2 Å². The number of nitrogens with one attached hydrogen (secondary N) is 2. The van der Waals surface area contributed by atoms with Gasteiger partial charge in [-0.1, -0.05) is 12.1 Å². The van der Waals surface area contributed by atoms with E-state index in [0.717, 1.165) is 43.1 Å². The summed E-state index contributed by atoms with van der Waals surface area (Å²) in [6, 6.07) is 8.51. The van der Waals surface area contributed by atoms with Gasteiger partial charge >= 0.3 is 0 Å². The van der Waals surface area contributed by atoms with Crippen molar-refractivity contribution in [3.8, 4) is 5.75 Å². The molecule has 2 heterocycles. The van der Waals surface area contributed by atoms with Gasteiger partial charge in [-0.2, -0.15) is 0 Å². The first-order valence-electron chi connectivity index (χ1n) is 9.69. The number of guanidine groups is 1. The van der Waals surface area contributed by atoms with Gasteiger partial charge in [-0.15, -0.1) is 0 Å². The molecule has 2 N–H and O–H groups in total. The molecule has 2 aliphatic rings. The lowest BCUT2D eigenvalue weighted by Gasteiger charge is -2.22. The third-order valence-electron chi connectivity index (χ3n) is 4.85. The molecule has 2 fully saturated rings. The number of ether oxygens (including phenoxy) is 3. The molecule has 0 spiro atoms. The van der Waals surface area contributed by atoms with Crippen molar-refractivity contribution < 1.29 is 14.2 Å². The van der Waals surface area contributed by atoms with E-state index in [1.807, 2.05) is 12.1 Å². The molecule has 3 unspecified atom stereocenters. The Hall–Kier alpha value is -1.79. The molecule has 0 aliphatic carbocycles. The number of fused-ring (bicyclic) bond motifs is 2. The van der Waals surface area contributed by atoms with Crippen molar-refractivity contribution in [1.82, 2.24) is 10.6 Å². The first-order chi connectivity index (χ1) is 12.8. The largest absolute Gasteiger partial charge is 0.493 e. The summed E-state index contributed by atoms with van der Waals surface area (Å²) in [6.45, 7) is 4.93. The van der Waals surface area contributed by atoms with Crippen LogP contribution >= 0.6 is 0 Å². The summed E-state index contributed by atoms with van der Waals surface area (Å²) in [7, 11) is 1.71. The van der Waals surface area contributed by atoms with Gasteiger partial charge in [0.15, 0.2) is 5.96 Å². The highest BCUT2D eigenvalue weighted by Gasteiger charge is 2.41. The van der Waals surface area contributed by atoms with Crippen LogP contribution in [0.15, 0.2) is 29.3 Å². The lowest BCUT2D eigenvalue weighted by Crippen LogP contribution is -2.47. The fraction of sp³-hybridized carbons (Fsp3) is 0.650. The van der Waals surface area contributed by atoms with Gasteiger partial charge in [-0.3, -0.25) is 0 Å². The second kappa shape index (κ2) is 9.78. The van der Waals surface area contributed by atoms with Gasteiger partial charge in [0, 0.05) is 26.7 Å². The number of hydrogen-bond acceptors (Lipinski definition) is 4. The maximum atomic E-state index is 5.93. The fourth-order valence-electron chi connectivity index (χ4n) is 3.58. The van der Waals surface area contributed by atoms with Crippen LogP contribution in [0.4, 0.5) is 0 Å². The number of methoxy groups -OCH3 is 1. The van der Waals surface area contributed by atoms with Gasteiger partial charge < -0.3 is 24.8 Å². The summed E-state index contributed by atoms with van der Waals surface area (Å²) in [5.74, 6) is 1.74. The summed E-state index contributed by atoms with van der Waals surface area (Å²) in [4.78, 5) is 4.74. The summed E-state index contributed by atoms with van der Waals surface area (Å²) in [6.07, 6.45) is 5.11. The summed E-state index contributed by atoms with van der Waals surface area (Å²) in [5, 5.41) is 6.89. The molecule has 1 aromatic carbocycles. The van der Waals surface area contributed by atoms with Crippen molar-refractivity contribution >= 4 is 5.96 Å². The average molecular weight is 361 g/mol. The predicted molar refractivity (Wildman–Crippen MR) is 103 cm³/mol. The van der Waals surface area contributed by atoms with Gasteiger partial charge in [0.2, 0.25) is 0 Å². The number of rotatable bonds is 9. The van der Waals surface area contributed by atoms with Crippen LogP contribution in [-0.4, -0.2) is 51.1 Å². The molecule has 0 amide bonds. The monoisotopic (exact) mass is 361 g/mol. The molecule has 0 saturated carbocycles. The van der Waals surface area contributed by atoms with E-state index in [0.29, 0.717) is 38.0 Å². The van der Waals surface area contributed by atoms with Crippen molar-refractivity contribution in [2.45, 2.75) is 57.4 Å². The third-order valence-corrected chi connectivity index (χ3v) is 4.85. The lowest BCUT2D eigenvalue weighted by molar-refractivity contribution is 0.0992. The van der Waals surface area contributed by atoms with E-state index in [1.54, 1.807) is 7.11 Å². The molecular formula is C20H31N3O3. The molecule has 1 aromatic rings. The molecule has 6 nitrogen and oxygen atoms in total. The molecule has 3 atom stereocenters. The van der Waals surface area contributed by atoms with E-state index >= 15 is 0 Å². The number of hydrogen-bond donors (Lipinski definition) is 2. The highest BCUT2D eigenvalue weighted by Crippen LogP contribution is 2.34. The second-order valence-corrected chi connectivity index (χ2v) is 6.90. The van der Waals surface area contributed by atoms with Crippen LogP contribution in [-0.2, 0) is 16.0 Å². The van der Waals surface area contributed by atoms with Gasteiger partial charge in [-0.25, -0.2) is 4.99 Å². The molecule has 2 saturated heterocycles. The van der Waals surface area contributed by atoms with E-state index < -0.39 is 0 Å². The number of benzene rings is 1. The normalized spacial score (nSPS) is 24.7. The number of aliphatic imine (C=N–C) groups is 1. The highest BCUT2D eigenvalue weighted by atomic mass is 16.5. The standard InChI is InChI=1S/C20H31N3O3/c1-3-21-20(23-18-13-17-8-9-19(18)26-17)22-14-15-6-4-7-16(12-15)25-11-5-10-24-2/h4,6-7,12,17-19H,3,5,8-11,13-14H2,1-2H3,(H2,21,22,23). The second-order valence-electron chi connectivity index (χ2n) is 6.90. The van der Waals surface area contributed by atoms with Crippen LogP contribution in [0.25, 0.3) is 0 Å². The SMILES string of the molecule is CCNC(=NCc1cccc(OCCCOC)c1)NC1CC2CCC1O2. The Balaban J connectivity index is 1.53. The Morgan fingerprint density at radius 3 is 2.96 bits per heavy atom. The van der Waals surface area contributed by atoms with Crippen LogP contribution in [0.5, 0.6) is 5.75 Å². The van der Waals surface area contributed by atoms with Crippen LogP contribution in [0.1, 0.15) is 38.2 Å². The summed E-state index contributed by atoms with van der Waals surface area (Å²) < 4.78 is 16.7. The summed E-state index contributed by atoms with van der Waals surface area (Å²) in [5.41, 5.74) is 1.13. The lowest BCUT2D eigenvalue weighted by atomic mass is 9.96. The van der Waals surface area contributed by atoms with Crippen molar-refractivity contribution in [3.63, 3.8) is 0 Å². The topological polar surface area (TPSA) is 64.1 Å². The summed E-state index contributed by atoms with van der Waals surface area (Å²) >= 11 is 0. The molecule has 3 rings (SSSR count). The Morgan fingerprint density at radius 1 is 1.31 bits per heavy atom. The first-order valence-corrected chi connectivity index (χ1v) is 9.69. The van der Waals surface area contributed by atoms with E-state index in [1.165, 1.54) is 6.42 Å². The number of nitrogens with zero attached hydrogens (tertiary/aromatic N) is 1. The zero-order valence-electron chi connectivity index (χ0n) is 15.9. The van der Waals surface area contributed by atoms with E-state index in [9.17, 15) is 0 Å². The van der Waals surface area contributed by atoms with E-state index in [2.05, 4.69) is 29.7 Å². The quantitative estimate of drug-likeness (QED) is 0.402. The molecule has 144 valence electrons. The zero-order chi connectivity index (χ0) is 18.2. The van der Waals surface area contributed by atoms with Crippen LogP contribution in [0, 0.1) is 0 Å². The predicted octanol–water partition coefficient (Wildman–Crippen LogP) is 2.48. The molecule has 2 bridgehead atoms. The first kappa shape index (κ1) is 19.0. The van der Waals surface area contributed by atoms with Gasteiger partial charge in [0.05, 0.1) is 31.4 Å². The molecule has 2 aliphatic heterocycles. The zero-order valence-corrected chi connectivity index (χ0v) is 15.9. The molecule has 0 aromatic heterocycles.